The summed E-state index contributed by atoms with van der Waals surface area (Å²) in [5.74, 6) is -0.243. The molecule has 0 aromatic heterocycles. The van der Waals surface area contributed by atoms with Gasteiger partial charge in [0.15, 0.2) is 0 Å². The average molecular weight is 538 g/mol. The molecule has 0 spiro atoms. The lowest BCUT2D eigenvalue weighted by Crippen LogP contribution is -2.52. The molecule has 8 nitrogen and oxygen atoms in total. The number of nitrogens with one attached hydrogen (secondary N) is 1. The van der Waals surface area contributed by atoms with Crippen molar-refractivity contribution in [2.24, 2.45) is 0 Å². The maximum absolute atomic E-state index is 13.9. The van der Waals surface area contributed by atoms with E-state index in [1.165, 1.54) is 24.1 Å². The summed E-state index contributed by atoms with van der Waals surface area (Å²) in [6.45, 7) is 5.66. The van der Waals surface area contributed by atoms with Crippen LogP contribution in [0.15, 0.2) is 83.8 Å². The molecule has 2 amide bonds. The van der Waals surface area contributed by atoms with Gasteiger partial charge in [0.05, 0.1) is 17.7 Å². The third kappa shape index (κ3) is 6.92. The number of rotatable bonds is 12. The van der Waals surface area contributed by atoms with Crippen LogP contribution in [0.3, 0.4) is 0 Å². The number of hydrogen-bond donors (Lipinski definition) is 1. The van der Waals surface area contributed by atoms with Crippen molar-refractivity contribution in [1.82, 2.24) is 10.2 Å². The van der Waals surface area contributed by atoms with Gasteiger partial charge in [0, 0.05) is 13.1 Å². The number of nitrogens with zero attached hydrogens (tertiary/aromatic N) is 2. The molecular weight excluding hydrogens is 502 g/mol. The Morgan fingerprint density at radius 2 is 1.55 bits per heavy atom. The highest BCUT2D eigenvalue weighted by atomic mass is 32.2. The summed E-state index contributed by atoms with van der Waals surface area (Å²) >= 11 is 0. The van der Waals surface area contributed by atoms with Crippen molar-refractivity contribution in [2.45, 2.75) is 44.7 Å². The number of benzene rings is 3. The zero-order valence-electron chi connectivity index (χ0n) is 22.3. The van der Waals surface area contributed by atoms with E-state index >= 15 is 0 Å². The Balaban J connectivity index is 2.04. The van der Waals surface area contributed by atoms with Gasteiger partial charge in [-0.3, -0.25) is 13.9 Å². The van der Waals surface area contributed by atoms with Gasteiger partial charge in [-0.25, -0.2) is 8.42 Å². The lowest BCUT2D eigenvalue weighted by atomic mass is 10.1. The number of carbonyl (C=O) groups is 2. The van der Waals surface area contributed by atoms with Crippen LogP contribution in [0, 0.1) is 6.92 Å². The minimum absolute atomic E-state index is 0.0250. The van der Waals surface area contributed by atoms with Crippen molar-refractivity contribution < 1.29 is 22.7 Å². The number of hydrogen-bond acceptors (Lipinski definition) is 5. The molecule has 38 heavy (non-hydrogen) atoms. The van der Waals surface area contributed by atoms with Crippen LogP contribution in [-0.4, -0.2) is 51.4 Å². The molecule has 1 atom stereocenters. The summed E-state index contributed by atoms with van der Waals surface area (Å²) < 4.78 is 34.0. The molecule has 9 heteroatoms. The highest BCUT2D eigenvalue weighted by Gasteiger charge is 2.33. The first-order valence-electron chi connectivity index (χ1n) is 12.6. The van der Waals surface area contributed by atoms with E-state index in [-0.39, 0.29) is 17.3 Å². The lowest BCUT2D eigenvalue weighted by molar-refractivity contribution is -0.140. The molecule has 3 aromatic rings. The van der Waals surface area contributed by atoms with Gasteiger partial charge in [0.2, 0.25) is 11.8 Å². The minimum atomic E-state index is -4.13. The van der Waals surface area contributed by atoms with E-state index in [0.29, 0.717) is 24.4 Å². The van der Waals surface area contributed by atoms with Gasteiger partial charge in [0.1, 0.15) is 18.3 Å². The zero-order chi connectivity index (χ0) is 27.7. The van der Waals surface area contributed by atoms with Crippen LogP contribution in [0.5, 0.6) is 5.75 Å². The van der Waals surface area contributed by atoms with Crippen LogP contribution in [0.25, 0.3) is 0 Å². The standard InChI is InChI=1S/C29H35N3O5S/c1-5-27(29(34)30-6-2)31(20-23-10-8-7-9-11-23)28(33)21-32(24-14-12-22(3)13-15-24)38(35,36)26-18-16-25(37-4)17-19-26/h7-19,27H,5-6,20-21H2,1-4H3,(H,30,34)/t27-/m0/s1. The average Bonchev–Trinajstić information content (AvgIpc) is 2.92. The summed E-state index contributed by atoms with van der Waals surface area (Å²) in [5, 5.41) is 2.80. The number of amides is 2. The van der Waals surface area contributed by atoms with E-state index in [0.717, 1.165) is 15.4 Å². The first kappa shape index (κ1) is 28.7. The molecule has 0 fully saturated rings. The van der Waals surface area contributed by atoms with Gasteiger partial charge in [-0.15, -0.1) is 0 Å². The normalized spacial score (nSPS) is 11.9. The van der Waals surface area contributed by atoms with E-state index in [2.05, 4.69) is 5.32 Å². The van der Waals surface area contributed by atoms with E-state index in [4.69, 9.17) is 4.74 Å². The molecule has 1 N–H and O–H groups in total. The van der Waals surface area contributed by atoms with Crippen molar-refractivity contribution in [3.8, 4) is 5.75 Å². The van der Waals surface area contributed by atoms with Gasteiger partial charge in [-0.1, -0.05) is 55.0 Å². The van der Waals surface area contributed by atoms with Crippen molar-refractivity contribution in [1.29, 1.82) is 0 Å². The molecule has 0 heterocycles. The Hall–Kier alpha value is -3.85. The molecule has 3 rings (SSSR count). The fourth-order valence-corrected chi connectivity index (χ4v) is 5.52. The van der Waals surface area contributed by atoms with Gasteiger partial charge < -0.3 is 15.0 Å². The third-order valence-corrected chi connectivity index (χ3v) is 7.97. The highest BCUT2D eigenvalue weighted by Crippen LogP contribution is 2.26. The summed E-state index contributed by atoms with van der Waals surface area (Å²) in [7, 11) is -2.63. The maximum Gasteiger partial charge on any atom is 0.264 e. The molecule has 0 aliphatic rings. The van der Waals surface area contributed by atoms with E-state index in [1.54, 1.807) is 36.4 Å². The molecule has 0 aliphatic heterocycles. The van der Waals surface area contributed by atoms with Gasteiger partial charge >= 0.3 is 0 Å². The fourth-order valence-electron chi connectivity index (χ4n) is 4.11. The Bertz CT molecular complexity index is 1310. The van der Waals surface area contributed by atoms with Crippen LogP contribution < -0.4 is 14.4 Å². The number of sulfonamides is 1. The monoisotopic (exact) mass is 537 g/mol. The predicted molar refractivity (Wildman–Crippen MR) is 148 cm³/mol. The SMILES string of the molecule is CCNC(=O)[C@H](CC)N(Cc1ccccc1)C(=O)CN(c1ccc(C)cc1)S(=O)(=O)c1ccc(OC)cc1. The zero-order valence-corrected chi connectivity index (χ0v) is 23.1. The van der Waals surface area contributed by atoms with Crippen molar-refractivity contribution >= 4 is 27.5 Å². The smallest absolute Gasteiger partial charge is 0.264 e. The summed E-state index contributed by atoms with van der Waals surface area (Å²) in [5.41, 5.74) is 2.14. The van der Waals surface area contributed by atoms with Crippen LogP contribution in [0.2, 0.25) is 0 Å². The molecule has 0 bridgehead atoms. The van der Waals surface area contributed by atoms with Crippen molar-refractivity contribution in [3.05, 3.63) is 90.0 Å². The van der Waals surface area contributed by atoms with Gasteiger partial charge in [-0.2, -0.15) is 0 Å². The van der Waals surface area contributed by atoms with E-state index < -0.39 is 28.5 Å². The number of ether oxygens (including phenoxy) is 1. The topological polar surface area (TPSA) is 96.0 Å². The molecule has 202 valence electrons. The number of anilines is 1. The van der Waals surface area contributed by atoms with Crippen LogP contribution in [0.4, 0.5) is 5.69 Å². The maximum atomic E-state index is 13.9. The van der Waals surface area contributed by atoms with Crippen LogP contribution in [-0.2, 0) is 26.2 Å². The van der Waals surface area contributed by atoms with Crippen molar-refractivity contribution in [3.63, 3.8) is 0 Å². The number of aryl methyl sites for hydroxylation is 1. The Labute approximate surface area is 225 Å². The van der Waals surface area contributed by atoms with Gasteiger partial charge in [0.25, 0.3) is 10.0 Å². The molecule has 0 saturated heterocycles. The molecule has 0 unspecified atom stereocenters. The van der Waals surface area contributed by atoms with E-state index in [9.17, 15) is 18.0 Å². The predicted octanol–water partition coefficient (Wildman–Crippen LogP) is 4.14. The lowest BCUT2D eigenvalue weighted by Gasteiger charge is -2.33. The highest BCUT2D eigenvalue weighted by molar-refractivity contribution is 7.92. The number of carbonyl (C=O) groups excluding carboxylic acids is 2. The van der Waals surface area contributed by atoms with Crippen LogP contribution >= 0.6 is 0 Å². The van der Waals surface area contributed by atoms with Gasteiger partial charge in [-0.05, 0) is 62.2 Å². The Morgan fingerprint density at radius 3 is 2.11 bits per heavy atom. The van der Waals surface area contributed by atoms with E-state index in [1.807, 2.05) is 51.1 Å². The summed E-state index contributed by atoms with van der Waals surface area (Å²) in [6.07, 6.45) is 0.375. The molecular formula is C29H35N3O5S. The molecule has 0 aliphatic carbocycles. The fraction of sp³-hybridized carbons (Fsp3) is 0.310. The summed E-state index contributed by atoms with van der Waals surface area (Å²) in [4.78, 5) is 28.3. The minimum Gasteiger partial charge on any atom is -0.497 e. The first-order chi connectivity index (χ1) is 18.2. The molecule has 0 saturated carbocycles. The number of methoxy groups -OCH3 is 1. The second-order valence-corrected chi connectivity index (χ2v) is 10.7. The molecule has 0 radical (unpaired) electrons. The van der Waals surface area contributed by atoms with Crippen LogP contribution in [0.1, 0.15) is 31.4 Å². The van der Waals surface area contributed by atoms with Crippen molar-refractivity contribution in [2.75, 3.05) is 24.5 Å². The first-order valence-corrected chi connectivity index (χ1v) is 14.0. The molecule has 3 aromatic carbocycles. The second-order valence-electron chi connectivity index (χ2n) is 8.85. The largest absolute Gasteiger partial charge is 0.497 e. The summed E-state index contributed by atoms with van der Waals surface area (Å²) in [6, 6.07) is 21.5. The Morgan fingerprint density at radius 1 is 0.921 bits per heavy atom. The third-order valence-electron chi connectivity index (χ3n) is 6.18. The second kappa shape index (κ2) is 13.1. The number of likely N-dealkylation sites (N-methyl/N-ethyl adjacent to an activating group) is 1. The quantitative estimate of drug-likeness (QED) is 0.375. The Kier molecular flexibility index (Phi) is 9.90.